The molecule has 0 aliphatic carbocycles. The molecule has 0 amide bonds. The summed E-state index contributed by atoms with van der Waals surface area (Å²) in [6.45, 7) is 2.35. The first kappa shape index (κ1) is 22.5. The van der Waals surface area contributed by atoms with E-state index < -0.39 is 11.9 Å². The predicted octanol–water partition coefficient (Wildman–Crippen LogP) is 5.83. The molecular weight excluding hydrogens is 463 g/mol. The monoisotopic (exact) mass is 480 g/mol. The summed E-state index contributed by atoms with van der Waals surface area (Å²) in [5, 5.41) is 10.5. The lowest BCUT2D eigenvalue weighted by Gasteiger charge is -2.27. The van der Waals surface area contributed by atoms with Gasteiger partial charge < -0.3 is 19.9 Å². The number of allylic oxidation sites excluding steroid dienone is 1. The molecule has 0 spiro atoms. The second-order valence-electron chi connectivity index (χ2n) is 7.15. The molecule has 1 aliphatic rings. The molecule has 0 saturated heterocycles. The number of nitrogens with two attached hydrogens (primary N) is 1. The van der Waals surface area contributed by atoms with Gasteiger partial charge in [0.15, 0.2) is 0 Å². The number of nitriles is 1. The maximum absolute atomic E-state index is 12.6. The van der Waals surface area contributed by atoms with Gasteiger partial charge in [0.2, 0.25) is 5.88 Å². The van der Waals surface area contributed by atoms with Crippen LogP contribution in [0, 0.1) is 11.3 Å². The Hall–Kier alpha value is -3.66. The summed E-state index contributed by atoms with van der Waals surface area (Å²) >= 11 is 12.3. The molecular formula is C25H18Cl2N2O4. The highest BCUT2D eigenvalue weighted by Crippen LogP contribution is 2.44. The predicted molar refractivity (Wildman–Crippen MR) is 125 cm³/mol. The largest absolute Gasteiger partial charge is 0.494 e. The van der Waals surface area contributed by atoms with Crippen LogP contribution in [0.2, 0.25) is 10.0 Å². The first-order valence-corrected chi connectivity index (χ1v) is 10.8. The smallest absolute Gasteiger partial charge is 0.343 e. The quantitative estimate of drug-likeness (QED) is 0.364. The number of benzene rings is 3. The molecule has 33 heavy (non-hydrogen) atoms. The van der Waals surface area contributed by atoms with Gasteiger partial charge in [0.1, 0.15) is 28.9 Å². The molecule has 0 radical (unpaired) electrons. The summed E-state index contributed by atoms with van der Waals surface area (Å²) in [4.78, 5) is 12.6. The number of halogens is 2. The van der Waals surface area contributed by atoms with E-state index in [2.05, 4.69) is 6.07 Å². The summed E-state index contributed by atoms with van der Waals surface area (Å²) in [7, 11) is 0. The van der Waals surface area contributed by atoms with Crippen molar-refractivity contribution in [3.8, 4) is 23.3 Å². The zero-order valence-electron chi connectivity index (χ0n) is 17.5. The van der Waals surface area contributed by atoms with E-state index in [1.807, 2.05) is 6.92 Å². The lowest BCUT2D eigenvalue weighted by Crippen LogP contribution is -2.21. The van der Waals surface area contributed by atoms with Crippen LogP contribution in [0.5, 0.6) is 17.2 Å². The lowest BCUT2D eigenvalue weighted by atomic mass is 9.83. The van der Waals surface area contributed by atoms with Crippen molar-refractivity contribution in [2.75, 3.05) is 6.61 Å². The number of carbonyl (C=O) groups is 1. The van der Waals surface area contributed by atoms with E-state index >= 15 is 0 Å². The molecule has 3 aromatic rings. The van der Waals surface area contributed by atoms with Gasteiger partial charge in [-0.2, -0.15) is 5.26 Å². The first-order valence-electron chi connectivity index (χ1n) is 10.0. The van der Waals surface area contributed by atoms with Crippen molar-refractivity contribution in [3.05, 3.63) is 98.9 Å². The van der Waals surface area contributed by atoms with Gasteiger partial charge in [-0.15, -0.1) is 0 Å². The van der Waals surface area contributed by atoms with Crippen LogP contribution >= 0.6 is 23.2 Å². The van der Waals surface area contributed by atoms with Crippen LogP contribution in [0.25, 0.3) is 0 Å². The van der Waals surface area contributed by atoms with Crippen molar-refractivity contribution in [2.45, 2.75) is 12.8 Å². The second kappa shape index (κ2) is 9.45. The van der Waals surface area contributed by atoms with Crippen molar-refractivity contribution < 1.29 is 19.0 Å². The summed E-state index contributed by atoms with van der Waals surface area (Å²) < 4.78 is 16.6. The fourth-order valence-corrected chi connectivity index (χ4v) is 3.89. The van der Waals surface area contributed by atoms with Gasteiger partial charge in [-0.25, -0.2) is 4.79 Å². The van der Waals surface area contributed by atoms with Crippen molar-refractivity contribution in [1.82, 2.24) is 0 Å². The van der Waals surface area contributed by atoms with Gasteiger partial charge in [-0.05, 0) is 48.9 Å². The molecule has 0 bridgehead atoms. The van der Waals surface area contributed by atoms with Gasteiger partial charge >= 0.3 is 5.97 Å². The first-order chi connectivity index (χ1) is 15.9. The molecule has 1 unspecified atom stereocenters. The van der Waals surface area contributed by atoms with Crippen LogP contribution in [-0.2, 0) is 0 Å². The van der Waals surface area contributed by atoms with Gasteiger partial charge in [-0.1, -0.05) is 41.4 Å². The zero-order chi connectivity index (χ0) is 23.5. The number of nitrogens with zero attached hydrogens (tertiary/aromatic N) is 1. The van der Waals surface area contributed by atoms with Crippen molar-refractivity contribution in [1.29, 1.82) is 5.26 Å². The summed E-state index contributed by atoms with van der Waals surface area (Å²) in [6.07, 6.45) is 0. The van der Waals surface area contributed by atoms with E-state index in [-0.39, 0.29) is 17.2 Å². The summed E-state index contributed by atoms with van der Waals surface area (Å²) in [6, 6.07) is 18.9. The van der Waals surface area contributed by atoms with Gasteiger partial charge in [0, 0.05) is 11.6 Å². The molecule has 3 aromatic carbocycles. The van der Waals surface area contributed by atoms with Gasteiger partial charge in [0.05, 0.1) is 28.1 Å². The number of hydrogen-bond donors (Lipinski definition) is 1. The van der Waals surface area contributed by atoms with Crippen LogP contribution in [0.4, 0.5) is 0 Å². The third-order valence-corrected chi connectivity index (χ3v) is 5.80. The minimum absolute atomic E-state index is 0.0334. The third-order valence-electron chi connectivity index (χ3n) is 5.06. The molecule has 1 heterocycles. The zero-order valence-corrected chi connectivity index (χ0v) is 19.0. The topological polar surface area (TPSA) is 94.6 Å². The Bertz CT molecular complexity index is 1310. The molecule has 1 atom stereocenters. The Kier molecular flexibility index (Phi) is 6.45. The molecule has 0 saturated carbocycles. The van der Waals surface area contributed by atoms with E-state index in [4.69, 9.17) is 43.1 Å². The van der Waals surface area contributed by atoms with Crippen LogP contribution in [0.1, 0.15) is 34.3 Å². The standard InChI is InChI=1S/C25H18Cl2N2O4/c1-2-31-16-5-3-4-15(10-16)25(30)32-17-7-8-18-22(12-17)33-24(29)19(13-28)23(18)14-6-9-20(26)21(27)11-14/h3-12,23H,2,29H2,1H3. The Morgan fingerprint density at radius 1 is 1.09 bits per heavy atom. The Morgan fingerprint density at radius 2 is 1.91 bits per heavy atom. The Labute approximate surface area is 200 Å². The Morgan fingerprint density at radius 3 is 2.64 bits per heavy atom. The number of esters is 1. The van der Waals surface area contributed by atoms with Crippen LogP contribution < -0.4 is 19.9 Å². The van der Waals surface area contributed by atoms with E-state index in [0.29, 0.717) is 39.3 Å². The number of ether oxygens (including phenoxy) is 3. The molecule has 2 N–H and O–H groups in total. The summed E-state index contributed by atoms with van der Waals surface area (Å²) in [5.74, 6) is 0.120. The molecule has 1 aliphatic heterocycles. The molecule has 8 heteroatoms. The summed E-state index contributed by atoms with van der Waals surface area (Å²) in [5.41, 5.74) is 8.04. The fraction of sp³-hybridized carbons (Fsp3) is 0.120. The highest BCUT2D eigenvalue weighted by Gasteiger charge is 2.31. The molecule has 0 fully saturated rings. The van der Waals surface area contributed by atoms with E-state index in [0.717, 1.165) is 5.56 Å². The number of fused-ring (bicyclic) bond motifs is 1. The average Bonchev–Trinajstić information content (AvgIpc) is 2.80. The highest BCUT2D eigenvalue weighted by atomic mass is 35.5. The second-order valence-corrected chi connectivity index (χ2v) is 7.96. The maximum Gasteiger partial charge on any atom is 0.343 e. The third kappa shape index (κ3) is 4.61. The van der Waals surface area contributed by atoms with Gasteiger partial charge in [-0.3, -0.25) is 0 Å². The molecule has 4 rings (SSSR count). The average molecular weight is 481 g/mol. The number of rotatable bonds is 5. The number of hydrogen-bond acceptors (Lipinski definition) is 6. The molecule has 6 nitrogen and oxygen atoms in total. The maximum atomic E-state index is 12.6. The van der Waals surface area contributed by atoms with Crippen molar-refractivity contribution in [3.63, 3.8) is 0 Å². The Balaban J connectivity index is 1.66. The van der Waals surface area contributed by atoms with Crippen LogP contribution in [0.3, 0.4) is 0 Å². The van der Waals surface area contributed by atoms with Crippen LogP contribution in [-0.4, -0.2) is 12.6 Å². The van der Waals surface area contributed by atoms with E-state index in [1.54, 1.807) is 60.7 Å². The van der Waals surface area contributed by atoms with Crippen LogP contribution in [0.15, 0.2) is 72.1 Å². The van der Waals surface area contributed by atoms with Crippen molar-refractivity contribution in [2.24, 2.45) is 5.73 Å². The normalized spacial score (nSPS) is 14.7. The number of carbonyl (C=O) groups excluding carboxylic acids is 1. The van der Waals surface area contributed by atoms with E-state index in [9.17, 15) is 10.1 Å². The van der Waals surface area contributed by atoms with Gasteiger partial charge in [0.25, 0.3) is 0 Å². The minimum atomic E-state index is -0.547. The lowest BCUT2D eigenvalue weighted by molar-refractivity contribution is 0.0734. The SMILES string of the molecule is CCOc1cccc(C(=O)Oc2ccc3c(c2)OC(N)=C(C#N)C3c2ccc(Cl)c(Cl)c2)c1. The highest BCUT2D eigenvalue weighted by molar-refractivity contribution is 6.42. The molecule has 0 aromatic heterocycles. The van der Waals surface area contributed by atoms with E-state index in [1.165, 1.54) is 0 Å². The fourth-order valence-electron chi connectivity index (χ4n) is 3.58. The minimum Gasteiger partial charge on any atom is -0.494 e. The van der Waals surface area contributed by atoms with Crippen molar-refractivity contribution >= 4 is 29.2 Å². The molecule has 166 valence electrons.